The highest BCUT2D eigenvalue weighted by Crippen LogP contribution is 2.34. The summed E-state index contributed by atoms with van der Waals surface area (Å²) in [5.41, 5.74) is -0.405. The summed E-state index contributed by atoms with van der Waals surface area (Å²) < 4.78 is 2.38. The lowest BCUT2D eigenvalue weighted by molar-refractivity contribution is -0.0778. The summed E-state index contributed by atoms with van der Waals surface area (Å²) in [7, 11) is 1.35. The first-order chi connectivity index (χ1) is 17.2. The molecule has 1 atom stereocenters. The minimum Gasteiger partial charge on any atom is -0.389 e. The number of aliphatic hydroxyl groups excluding tert-OH is 1. The highest BCUT2D eigenvalue weighted by molar-refractivity contribution is 7.21. The Labute approximate surface area is 208 Å². The highest BCUT2D eigenvalue weighted by Gasteiger charge is 2.35. The number of carbonyl (C=O) groups excluding carboxylic acids is 2. The van der Waals surface area contributed by atoms with E-state index in [1.54, 1.807) is 24.3 Å². The summed E-state index contributed by atoms with van der Waals surface area (Å²) in [5, 5.41) is 11.5. The predicted octanol–water partition coefficient (Wildman–Crippen LogP) is 1.95. The van der Waals surface area contributed by atoms with Crippen molar-refractivity contribution in [2.75, 3.05) is 13.2 Å². The number of aromatic nitrogens is 3. The zero-order chi connectivity index (χ0) is 25.7. The van der Waals surface area contributed by atoms with E-state index in [1.807, 2.05) is 19.9 Å². The first kappa shape index (κ1) is 24.0. The largest absolute Gasteiger partial charge is 0.389 e. The number of carbonyl (C=O) groups is 2. The van der Waals surface area contributed by atoms with Crippen molar-refractivity contribution in [3.05, 3.63) is 73.4 Å². The number of hydrogen-bond donors (Lipinski definition) is 1. The fraction of sp³-hybridized carbons (Fsp3) is 0.320. The summed E-state index contributed by atoms with van der Waals surface area (Å²) >= 11 is 0.943. The maximum atomic E-state index is 14.0. The zero-order valence-corrected chi connectivity index (χ0v) is 20.7. The van der Waals surface area contributed by atoms with Gasteiger partial charge in [-0.15, -0.1) is 11.3 Å². The second-order valence-electron chi connectivity index (χ2n) is 9.16. The van der Waals surface area contributed by atoms with Crippen molar-refractivity contribution in [1.82, 2.24) is 19.2 Å². The molecule has 0 spiro atoms. The van der Waals surface area contributed by atoms with Crippen LogP contribution in [0.3, 0.4) is 0 Å². The number of ketones is 1. The van der Waals surface area contributed by atoms with Crippen LogP contribution in [0.25, 0.3) is 21.1 Å². The lowest BCUT2D eigenvalue weighted by Crippen LogP contribution is -2.39. The molecule has 1 aliphatic heterocycles. The van der Waals surface area contributed by atoms with Crippen LogP contribution in [-0.4, -0.2) is 55.2 Å². The van der Waals surface area contributed by atoms with Crippen molar-refractivity contribution in [2.24, 2.45) is 13.0 Å². The number of hydrogen-bond acceptors (Lipinski definition) is 8. The van der Waals surface area contributed by atoms with Crippen LogP contribution in [0, 0.1) is 5.92 Å². The van der Waals surface area contributed by atoms with Gasteiger partial charge < -0.3 is 5.11 Å². The van der Waals surface area contributed by atoms with Crippen LogP contribution in [0.1, 0.15) is 39.4 Å². The van der Waals surface area contributed by atoms with Crippen LogP contribution in [0.15, 0.2) is 46.1 Å². The van der Waals surface area contributed by atoms with E-state index in [9.17, 15) is 24.3 Å². The third-order valence-corrected chi connectivity index (χ3v) is 7.27. The fourth-order valence-electron chi connectivity index (χ4n) is 4.38. The van der Waals surface area contributed by atoms with E-state index in [0.717, 1.165) is 21.0 Å². The van der Waals surface area contributed by atoms with Crippen LogP contribution in [-0.2, 0) is 18.4 Å². The molecular weight excluding hydrogens is 484 g/mol. The Morgan fingerprint density at radius 3 is 2.67 bits per heavy atom. The SMILES string of the molecule is CC(C)Cn1c(=O)n(C)c(=O)c2c(C(=O)N3CC(O)CO3)c(C(=O)c3ccnc4ccccc34)sc21. The van der Waals surface area contributed by atoms with Crippen molar-refractivity contribution >= 4 is 44.1 Å². The Kier molecular flexibility index (Phi) is 6.07. The van der Waals surface area contributed by atoms with Gasteiger partial charge in [-0.1, -0.05) is 32.0 Å². The number of rotatable bonds is 5. The Balaban J connectivity index is 1.83. The average Bonchev–Trinajstić information content (AvgIpc) is 3.48. The van der Waals surface area contributed by atoms with E-state index in [1.165, 1.54) is 17.8 Å². The number of β-amino-alcohol motifs (C(OH)–C–C–N with tert-alkyl or cyclic N) is 1. The van der Waals surface area contributed by atoms with E-state index >= 15 is 0 Å². The molecule has 3 aromatic heterocycles. The van der Waals surface area contributed by atoms with E-state index < -0.39 is 29.0 Å². The Morgan fingerprint density at radius 1 is 1.22 bits per heavy atom. The standard InChI is InChI=1S/C25H24N4O6S/c1-13(2)10-28-24-19(22(32)27(3)25(28)34)18(23(33)29-11-14(30)12-35-29)21(36-24)20(31)16-8-9-26-17-7-5-4-6-15(16)17/h4-9,13-14,30H,10-12H2,1-3H3. The minimum absolute atomic E-state index is 0.0144. The van der Waals surface area contributed by atoms with Crippen LogP contribution in [0.2, 0.25) is 0 Å². The maximum absolute atomic E-state index is 14.0. The van der Waals surface area contributed by atoms with Crippen molar-refractivity contribution in [1.29, 1.82) is 0 Å². The molecule has 1 unspecified atom stereocenters. The predicted molar refractivity (Wildman–Crippen MR) is 134 cm³/mol. The molecule has 0 bridgehead atoms. The summed E-state index contributed by atoms with van der Waals surface area (Å²) in [5.74, 6) is -1.13. The number of hydroxylamine groups is 2. The molecule has 1 aromatic carbocycles. The van der Waals surface area contributed by atoms with Gasteiger partial charge in [0.15, 0.2) is 0 Å². The molecule has 0 aliphatic carbocycles. The number of amides is 1. The van der Waals surface area contributed by atoms with Gasteiger partial charge in [-0.3, -0.25) is 33.3 Å². The number of thiophene rings is 1. The molecule has 1 aliphatic rings. The molecule has 11 heteroatoms. The van der Waals surface area contributed by atoms with E-state index in [-0.39, 0.29) is 39.7 Å². The fourth-order valence-corrected chi connectivity index (χ4v) is 5.62. The zero-order valence-electron chi connectivity index (χ0n) is 19.9. The lowest BCUT2D eigenvalue weighted by Gasteiger charge is -2.15. The van der Waals surface area contributed by atoms with E-state index in [2.05, 4.69) is 4.98 Å². The molecule has 186 valence electrons. The van der Waals surface area contributed by atoms with Gasteiger partial charge in [0.2, 0.25) is 5.78 Å². The topological polar surface area (TPSA) is 124 Å². The molecule has 10 nitrogen and oxygen atoms in total. The molecule has 1 amide bonds. The highest BCUT2D eigenvalue weighted by atomic mass is 32.1. The first-order valence-electron chi connectivity index (χ1n) is 11.5. The van der Waals surface area contributed by atoms with Crippen LogP contribution < -0.4 is 11.2 Å². The third-order valence-electron chi connectivity index (χ3n) is 6.06. The van der Waals surface area contributed by atoms with Crippen LogP contribution in [0.4, 0.5) is 0 Å². The van der Waals surface area contributed by atoms with Gasteiger partial charge in [0.05, 0.1) is 27.9 Å². The van der Waals surface area contributed by atoms with E-state index in [4.69, 9.17) is 4.84 Å². The lowest BCUT2D eigenvalue weighted by atomic mass is 10.0. The van der Waals surface area contributed by atoms with Crippen LogP contribution in [0.5, 0.6) is 0 Å². The Bertz CT molecular complexity index is 1650. The normalized spacial score (nSPS) is 15.9. The Hall–Kier alpha value is -3.67. The van der Waals surface area contributed by atoms with Gasteiger partial charge >= 0.3 is 5.69 Å². The van der Waals surface area contributed by atoms with Crippen LogP contribution >= 0.6 is 11.3 Å². The quantitative estimate of drug-likeness (QED) is 0.409. The van der Waals surface area contributed by atoms with Crippen molar-refractivity contribution in [2.45, 2.75) is 26.5 Å². The number of para-hydroxylation sites is 1. The smallest absolute Gasteiger partial charge is 0.331 e. The third kappa shape index (κ3) is 3.85. The maximum Gasteiger partial charge on any atom is 0.331 e. The summed E-state index contributed by atoms with van der Waals surface area (Å²) in [4.78, 5) is 63.9. The number of fused-ring (bicyclic) bond motifs is 2. The minimum atomic E-state index is -0.885. The van der Waals surface area contributed by atoms with Crippen molar-refractivity contribution < 1.29 is 19.5 Å². The molecule has 5 rings (SSSR count). The van der Waals surface area contributed by atoms with E-state index in [0.29, 0.717) is 23.0 Å². The van der Waals surface area contributed by atoms with Gasteiger partial charge in [-0.05, 0) is 18.1 Å². The number of pyridine rings is 1. The average molecular weight is 509 g/mol. The molecule has 36 heavy (non-hydrogen) atoms. The van der Waals surface area contributed by atoms with Gasteiger partial charge in [-0.25, -0.2) is 9.86 Å². The second kappa shape index (κ2) is 9.08. The summed E-state index contributed by atoms with van der Waals surface area (Å²) in [6.07, 6.45) is 0.627. The monoisotopic (exact) mass is 508 g/mol. The van der Waals surface area contributed by atoms with Gasteiger partial charge in [-0.2, -0.15) is 0 Å². The number of nitrogens with zero attached hydrogens (tertiary/aromatic N) is 4. The molecule has 0 radical (unpaired) electrons. The molecule has 0 saturated carbocycles. The molecular formula is C25H24N4O6S. The van der Waals surface area contributed by atoms with Gasteiger partial charge in [0, 0.05) is 30.7 Å². The molecule has 1 N–H and O–H groups in total. The summed E-state index contributed by atoms with van der Waals surface area (Å²) in [6.45, 7) is 3.97. The molecule has 1 fully saturated rings. The number of aliphatic hydroxyl groups is 1. The van der Waals surface area contributed by atoms with Gasteiger partial charge in [0.1, 0.15) is 17.5 Å². The van der Waals surface area contributed by atoms with Gasteiger partial charge in [0.25, 0.3) is 11.5 Å². The molecule has 1 saturated heterocycles. The summed E-state index contributed by atoms with van der Waals surface area (Å²) in [6, 6.07) is 8.70. The Morgan fingerprint density at radius 2 is 1.97 bits per heavy atom. The van der Waals surface area contributed by atoms with Crippen molar-refractivity contribution in [3.8, 4) is 0 Å². The molecule has 4 aromatic rings. The second-order valence-corrected chi connectivity index (χ2v) is 10.2. The van der Waals surface area contributed by atoms with Crippen molar-refractivity contribution in [3.63, 3.8) is 0 Å². The number of benzene rings is 1. The first-order valence-corrected chi connectivity index (χ1v) is 12.3. The molecule has 4 heterocycles.